The molecular formula is C40H37N7O4S. The van der Waals surface area contributed by atoms with Gasteiger partial charge >= 0.3 is 0 Å². The lowest BCUT2D eigenvalue weighted by molar-refractivity contribution is -0.136. The third-order valence-corrected chi connectivity index (χ3v) is 11.0. The number of ether oxygens (including phenoxy) is 1. The average molecular weight is 712 g/mol. The van der Waals surface area contributed by atoms with E-state index >= 15 is 0 Å². The van der Waals surface area contributed by atoms with Crippen molar-refractivity contribution in [3.63, 3.8) is 0 Å². The number of benzene rings is 2. The molecule has 0 spiro atoms. The number of thiophene rings is 1. The molecule has 6 heterocycles. The molecule has 3 aliphatic rings. The van der Waals surface area contributed by atoms with E-state index in [2.05, 4.69) is 61.5 Å². The Morgan fingerprint density at radius 1 is 0.981 bits per heavy atom. The first-order valence-electron chi connectivity index (χ1n) is 17.6. The number of hydrogen-bond donors (Lipinski definition) is 2. The molecule has 262 valence electrons. The molecule has 1 saturated heterocycles. The number of carbonyl (C=O) groups is 3. The molecule has 2 N–H and O–H groups in total. The zero-order valence-corrected chi connectivity index (χ0v) is 29.6. The number of carbonyl (C=O) groups excluding carboxylic acids is 3. The Bertz CT molecular complexity index is 2230. The molecular weight excluding hydrogens is 675 g/mol. The number of piperidine rings is 1. The van der Waals surface area contributed by atoms with Crippen molar-refractivity contribution in [3.8, 4) is 16.8 Å². The van der Waals surface area contributed by atoms with Crippen LogP contribution in [0.15, 0.2) is 66.9 Å². The molecule has 11 nitrogen and oxygen atoms in total. The zero-order chi connectivity index (χ0) is 35.6. The van der Waals surface area contributed by atoms with Crippen molar-refractivity contribution < 1.29 is 19.1 Å². The maximum atomic E-state index is 13.1. The maximum absolute atomic E-state index is 13.1. The van der Waals surface area contributed by atoms with Crippen LogP contribution in [0.1, 0.15) is 86.1 Å². The topological polar surface area (TPSA) is 131 Å². The second-order valence-electron chi connectivity index (χ2n) is 13.3. The van der Waals surface area contributed by atoms with Crippen LogP contribution in [0.3, 0.4) is 0 Å². The van der Waals surface area contributed by atoms with E-state index in [4.69, 9.17) is 9.72 Å². The number of rotatable bonds is 9. The summed E-state index contributed by atoms with van der Waals surface area (Å²) >= 11 is 1.66. The highest BCUT2D eigenvalue weighted by molar-refractivity contribution is 7.15. The highest BCUT2D eigenvalue weighted by Gasteiger charge is 2.39. The van der Waals surface area contributed by atoms with Crippen molar-refractivity contribution in [1.82, 2.24) is 30.0 Å². The van der Waals surface area contributed by atoms with Gasteiger partial charge in [0.05, 0.1) is 11.5 Å². The van der Waals surface area contributed by atoms with Gasteiger partial charge in [0, 0.05) is 59.3 Å². The molecule has 3 amide bonds. The van der Waals surface area contributed by atoms with Crippen LogP contribution in [0.4, 0.5) is 5.69 Å². The lowest BCUT2D eigenvalue weighted by Gasteiger charge is -2.29. The molecule has 0 bridgehead atoms. The average Bonchev–Trinajstić information content (AvgIpc) is 3.76. The molecule has 0 aliphatic carbocycles. The van der Waals surface area contributed by atoms with E-state index in [0.29, 0.717) is 31.7 Å². The Morgan fingerprint density at radius 2 is 1.87 bits per heavy atom. The number of anilines is 1. The summed E-state index contributed by atoms with van der Waals surface area (Å²) in [5, 5.41) is 15.6. The Hall–Kier alpha value is -5.64. The van der Waals surface area contributed by atoms with E-state index in [-0.39, 0.29) is 18.2 Å². The molecule has 0 radical (unpaired) electrons. The Kier molecular flexibility index (Phi) is 9.37. The molecule has 1 fully saturated rings. The van der Waals surface area contributed by atoms with E-state index in [0.717, 1.165) is 81.8 Å². The molecule has 2 aromatic carbocycles. The van der Waals surface area contributed by atoms with Gasteiger partial charge < -0.3 is 15.0 Å². The van der Waals surface area contributed by atoms with Gasteiger partial charge in [0.2, 0.25) is 11.8 Å². The second kappa shape index (κ2) is 14.5. The summed E-state index contributed by atoms with van der Waals surface area (Å²) in [6, 6.07) is 19.5. The number of unbranched alkanes of at least 4 members (excludes halogenated alkanes) is 1. The van der Waals surface area contributed by atoms with Crippen molar-refractivity contribution >= 4 is 34.7 Å². The van der Waals surface area contributed by atoms with Gasteiger partial charge in [-0.25, -0.2) is 0 Å². The molecule has 8 rings (SSSR count). The standard InChI is InChI=1S/C40H37N7O4S/c1-25-44-45-36-24-51-23-32-30(20-26-8-3-2-4-9-26)35(52-40(32)47(25)36)17-14-27-13-15-28(42-21-27)10-5-6-19-41-33-12-7-11-29-31(33)22-46(39(29)50)34-16-18-37(48)43-38(34)49/h2-4,7-9,11-13,15,21,34,41H,5-6,10,16,18-20,22-24H2,1H3,(H,43,48,49). The minimum absolute atomic E-state index is 0.166. The Morgan fingerprint density at radius 3 is 2.69 bits per heavy atom. The number of aryl methyl sites for hydroxylation is 2. The number of hydrogen-bond acceptors (Lipinski definition) is 9. The van der Waals surface area contributed by atoms with Gasteiger partial charge in [-0.3, -0.25) is 29.3 Å². The predicted octanol–water partition coefficient (Wildman–Crippen LogP) is 5.25. The van der Waals surface area contributed by atoms with Crippen LogP contribution in [0.5, 0.6) is 0 Å². The maximum Gasteiger partial charge on any atom is 0.255 e. The first-order valence-corrected chi connectivity index (χ1v) is 18.4. The van der Waals surface area contributed by atoms with Crippen molar-refractivity contribution in [2.24, 2.45) is 0 Å². The quantitative estimate of drug-likeness (QED) is 0.121. The van der Waals surface area contributed by atoms with Crippen LogP contribution in [-0.2, 0) is 46.9 Å². The zero-order valence-electron chi connectivity index (χ0n) is 28.8. The van der Waals surface area contributed by atoms with Crippen LogP contribution < -0.4 is 10.6 Å². The van der Waals surface area contributed by atoms with Crippen LogP contribution in [0, 0.1) is 18.8 Å². The number of nitrogens with zero attached hydrogens (tertiary/aromatic N) is 5. The summed E-state index contributed by atoms with van der Waals surface area (Å²) in [7, 11) is 0. The molecule has 5 aromatic rings. The monoisotopic (exact) mass is 711 g/mol. The Labute approximate surface area is 305 Å². The van der Waals surface area contributed by atoms with Crippen LogP contribution in [-0.4, -0.2) is 55.0 Å². The molecule has 3 aromatic heterocycles. The van der Waals surface area contributed by atoms with Crippen LogP contribution in [0.2, 0.25) is 0 Å². The Balaban J connectivity index is 0.893. The highest BCUT2D eigenvalue weighted by Crippen LogP contribution is 2.37. The molecule has 52 heavy (non-hydrogen) atoms. The van der Waals surface area contributed by atoms with Gasteiger partial charge in [-0.1, -0.05) is 48.2 Å². The van der Waals surface area contributed by atoms with Crippen molar-refractivity contribution in [2.75, 3.05) is 11.9 Å². The number of imide groups is 1. The number of nitrogens with one attached hydrogen (secondary N) is 2. The van der Waals surface area contributed by atoms with Crippen molar-refractivity contribution in [3.05, 3.63) is 122 Å². The van der Waals surface area contributed by atoms with Crippen molar-refractivity contribution in [2.45, 2.75) is 71.2 Å². The van der Waals surface area contributed by atoms with E-state index < -0.39 is 11.9 Å². The fourth-order valence-electron chi connectivity index (χ4n) is 7.09. The summed E-state index contributed by atoms with van der Waals surface area (Å²) in [5.74, 6) is 7.61. The number of fused-ring (bicyclic) bond motifs is 4. The van der Waals surface area contributed by atoms with E-state index in [1.807, 2.05) is 43.5 Å². The summed E-state index contributed by atoms with van der Waals surface area (Å²) in [4.78, 5) is 44.5. The molecule has 1 unspecified atom stereocenters. The molecule has 12 heteroatoms. The number of aromatic nitrogens is 4. The lowest BCUT2D eigenvalue weighted by atomic mass is 10.0. The number of pyridine rings is 1. The first kappa shape index (κ1) is 33.5. The van der Waals surface area contributed by atoms with Gasteiger partial charge in [0.25, 0.3) is 5.91 Å². The van der Waals surface area contributed by atoms with Gasteiger partial charge in [0.15, 0.2) is 5.82 Å². The van der Waals surface area contributed by atoms with Gasteiger partial charge in [-0.2, -0.15) is 0 Å². The third-order valence-electron chi connectivity index (χ3n) is 9.79. The summed E-state index contributed by atoms with van der Waals surface area (Å²) in [6.45, 7) is 3.98. The summed E-state index contributed by atoms with van der Waals surface area (Å²) in [5.41, 5.74) is 7.81. The molecule has 0 saturated carbocycles. The fourth-order valence-corrected chi connectivity index (χ4v) is 8.34. The molecule has 1 atom stereocenters. The SMILES string of the molecule is Cc1nnc2n1-c1sc(C#Cc3ccc(CCCCNc4cccc5c4CN(C4CCC(=O)NC4=O)C5=O)nc3)c(Cc3ccccc3)c1COC2. The predicted molar refractivity (Wildman–Crippen MR) is 196 cm³/mol. The third kappa shape index (κ3) is 6.73. The largest absolute Gasteiger partial charge is 0.385 e. The van der Waals surface area contributed by atoms with Crippen LogP contribution >= 0.6 is 11.3 Å². The summed E-state index contributed by atoms with van der Waals surface area (Å²) < 4.78 is 8.14. The van der Waals surface area contributed by atoms with Gasteiger partial charge in [-0.15, -0.1) is 21.5 Å². The van der Waals surface area contributed by atoms with Crippen LogP contribution in [0.25, 0.3) is 5.00 Å². The smallest absolute Gasteiger partial charge is 0.255 e. The first-order chi connectivity index (χ1) is 25.4. The summed E-state index contributed by atoms with van der Waals surface area (Å²) in [6.07, 6.45) is 5.89. The van der Waals surface area contributed by atoms with Gasteiger partial charge in [0.1, 0.15) is 23.5 Å². The van der Waals surface area contributed by atoms with E-state index in [1.165, 1.54) is 11.1 Å². The fraction of sp³-hybridized carbons (Fsp3) is 0.300. The van der Waals surface area contributed by atoms with Gasteiger partial charge in [-0.05, 0) is 74.4 Å². The normalized spacial score (nSPS) is 16.4. The minimum Gasteiger partial charge on any atom is -0.385 e. The minimum atomic E-state index is -0.623. The van der Waals surface area contributed by atoms with Crippen molar-refractivity contribution in [1.29, 1.82) is 0 Å². The van der Waals surface area contributed by atoms with E-state index in [9.17, 15) is 14.4 Å². The van der Waals surface area contributed by atoms with E-state index in [1.54, 1.807) is 22.3 Å². The second-order valence-corrected chi connectivity index (χ2v) is 14.3. The lowest BCUT2D eigenvalue weighted by Crippen LogP contribution is -2.52. The highest BCUT2D eigenvalue weighted by atomic mass is 32.1. The number of amides is 3. The molecule has 3 aliphatic heterocycles.